The number of methoxy groups -OCH3 is 1. The van der Waals surface area contributed by atoms with Gasteiger partial charge in [-0.1, -0.05) is 24.5 Å². The van der Waals surface area contributed by atoms with Gasteiger partial charge in [0.15, 0.2) is 18.4 Å². The van der Waals surface area contributed by atoms with Crippen LogP contribution >= 0.6 is 0 Å². The summed E-state index contributed by atoms with van der Waals surface area (Å²) in [5.74, 6) is 6.48. The molecule has 266 valence electrons. The van der Waals surface area contributed by atoms with Crippen LogP contribution in [0.5, 0.6) is 5.75 Å². The number of aryl methyl sites for hydroxylation is 2. The van der Waals surface area contributed by atoms with Gasteiger partial charge in [-0.15, -0.1) is 0 Å². The van der Waals surface area contributed by atoms with Gasteiger partial charge in [-0.3, -0.25) is 19.5 Å². The fourth-order valence-electron chi connectivity index (χ4n) is 5.89. The maximum absolute atomic E-state index is 13.6. The van der Waals surface area contributed by atoms with Crippen LogP contribution in [0.25, 0.3) is 0 Å². The summed E-state index contributed by atoms with van der Waals surface area (Å²) in [5.41, 5.74) is 4.82. The second-order valence-corrected chi connectivity index (χ2v) is 13.6. The van der Waals surface area contributed by atoms with Crippen molar-refractivity contribution in [2.24, 2.45) is 0 Å². The van der Waals surface area contributed by atoms with Crippen molar-refractivity contribution in [1.82, 2.24) is 20.2 Å². The molecule has 1 aromatic carbocycles. The summed E-state index contributed by atoms with van der Waals surface area (Å²) in [7, 11) is 3.14. The Morgan fingerprint density at radius 3 is 2.45 bits per heavy atom. The molecule has 1 aliphatic heterocycles. The first-order valence-electron chi connectivity index (χ1n) is 17.2. The molecule has 0 spiro atoms. The average Bonchev–Trinajstić information content (AvgIpc) is 3.97. The molecule has 2 N–H and O–H groups in total. The van der Waals surface area contributed by atoms with E-state index >= 15 is 0 Å². The molecule has 2 aromatic heterocycles. The molecule has 0 radical (unpaired) electrons. The second kappa shape index (κ2) is 15.8. The molecule has 51 heavy (non-hydrogen) atoms. The third kappa shape index (κ3) is 9.14. The van der Waals surface area contributed by atoms with Gasteiger partial charge in [-0.25, -0.2) is 9.78 Å². The Kier molecular flexibility index (Phi) is 11.5. The molecule has 3 amide bonds. The lowest BCUT2D eigenvalue weighted by molar-refractivity contribution is -0.451. The fourth-order valence-corrected chi connectivity index (χ4v) is 5.89. The lowest BCUT2D eigenvalue weighted by Crippen LogP contribution is -2.47. The van der Waals surface area contributed by atoms with E-state index in [2.05, 4.69) is 45.0 Å². The monoisotopic (exact) mass is 691 g/mol. The molecule has 11 nitrogen and oxygen atoms in total. The molecule has 0 bridgehead atoms. The van der Waals surface area contributed by atoms with Crippen LogP contribution in [-0.2, 0) is 9.53 Å². The minimum atomic E-state index is -0.603. The molecule has 2 aliphatic rings. The van der Waals surface area contributed by atoms with Gasteiger partial charge in [-0.05, 0) is 87.4 Å². The van der Waals surface area contributed by atoms with Gasteiger partial charge in [0, 0.05) is 57.2 Å². The summed E-state index contributed by atoms with van der Waals surface area (Å²) in [6, 6.07) is 9.22. The molecule has 1 atom stereocenters. The number of hydrogen-bond donors (Lipinski definition) is 2. The molecule has 1 aliphatic carbocycles. The van der Waals surface area contributed by atoms with Gasteiger partial charge in [0.2, 0.25) is 0 Å². The molecule has 11 heteroatoms. The average molecular weight is 692 g/mol. The van der Waals surface area contributed by atoms with Crippen LogP contribution in [-0.4, -0.2) is 88.8 Å². The largest absolute Gasteiger partial charge is 0.482 e. The molecule has 0 saturated heterocycles. The zero-order valence-corrected chi connectivity index (χ0v) is 30.6. The minimum Gasteiger partial charge on any atom is -0.482 e. The van der Waals surface area contributed by atoms with Crippen molar-refractivity contribution in [3.05, 3.63) is 94.5 Å². The fraction of sp³-hybridized carbons (Fsp3) is 0.400. The highest BCUT2D eigenvalue weighted by Gasteiger charge is 2.31. The summed E-state index contributed by atoms with van der Waals surface area (Å²) in [6.07, 6.45) is 6.64. The van der Waals surface area contributed by atoms with Gasteiger partial charge in [0.1, 0.15) is 17.2 Å². The Labute approximate surface area is 300 Å². The zero-order valence-electron chi connectivity index (χ0n) is 30.6. The number of nitrogens with one attached hydrogen (secondary N) is 2. The quantitative estimate of drug-likeness (QED) is 0.164. The van der Waals surface area contributed by atoms with E-state index in [9.17, 15) is 14.4 Å². The number of hydrogen-bond acceptors (Lipinski definition) is 8. The zero-order chi connectivity index (χ0) is 36.9. The van der Waals surface area contributed by atoms with Gasteiger partial charge < -0.3 is 20.1 Å². The number of carbonyl (C=O) groups excluding carboxylic acids is 3. The summed E-state index contributed by atoms with van der Waals surface area (Å²) in [4.78, 5) is 50.8. The Hall–Kier alpha value is -5.18. The molecular weight excluding hydrogens is 644 g/mol. The van der Waals surface area contributed by atoms with E-state index in [1.807, 2.05) is 46.0 Å². The molecule has 5 rings (SSSR count). The lowest BCUT2D eigenvalue weighted by Gasteiger charge is -2.29. The van der Waals surface area contributed by atoms with Crippen LogP contribution in [0.1, 0.15) is 94.3 Å². The standard InChI is InChI=1S/C40H46N6O5/c1-9-36(47)46-17-16-45(23-27(46)4)24-35(33-13-12-30(22-42-33)29-10-11-29)51-34-19-25(2)31(20-32(34)38(48)41-7)39(49)44-37-26(3)18-28(21-43-37)14-15-40(5,6)50-8/h9,12-13,18-22,29,35H,1,10-11,16-17,23-24H2,2-8H3,(H-,41,43,44,48,49)/p+1/t35-/m1/s1. The van der Waals surface area contributed by atoms with Crippen molar-refractivity contribution in [2.75, 3.05) is 45.7 Å². The van der Waals surface area contributed by atoms with E-state index in [-0.39, 0.29) is 11.5 Å². The Morgan fingerprint density at radius 1 is 1.08 bits per heavy atom. The van der Waals surface area contributed by atoms with Crippen molar-refractivity contribution >= 4 is 29.3 Å². The third-order valence-electron chi connectivity index (χ3n) is 9.25. The van der Waals surface area contributed by atoms with Gasteiger partial charge in [0.25, 0.3) is 11.8 Å². The number of nitrogens with zero attached hydrogens (tertiary/aromatic N) is 4. The maximum Gasteiger partial charge on any atom is 0.411 e. The third-order valence-corrected chi connectivity index (χ3v) is 9.25. The number of carbonyl (C=O) groups is 3. The van der Waals surface area contributed by atoms with E-state index in [4.69, 9.17) is 14.5 Å². The van der Waals surface area contributed by atoms with E-state index < -0.39 is 23.5 Å². The molecule has 1 fully saturated rings. The van der Waals surface area contributed by atoms with E-state index in [0.717, 1.165) is 17.0 Å². The van der Waals surface area contributed by atoms with Gasteiger partial charge in [0.05, 0.1) is 24.3 Å². The lowest BCUT2D eigenvalue weighted by atomic mass is 10.0. The number of benzene rings is 1. The van der Waals surface area contributed by atoms with Crippen LogP contribution < -0.4 is 15.4 Å². The van der Waals surface area contributed by atoms with Crippen LogP contribution in [0, 0.1) is 25.7 Å². The van der Waals surface area contributed by atoms with Crippen molar-refractivity contribution in [2.45, 2.75) is 65.1 Å². The molecule has 1 saturated carbocycles. The highest BCUT2D eigenvalue weighted by Crippen LogP contribution is 2.40. The summed E-state index contributed by atoms with van der Waals surface area (Å²) < 4.78 is 13.8. The molecule has 0 unspecified atom stereocenters. The number of pyridine rings is 2. The molecule has 3 aromatic rings. The van der Waals surface area contributed by atoms with Crippen molar-refractivity contribution < 1.29 is 28.4 Å². The maximum atomic E-state index is 13.6. The first kappa shape index (κ1) is 37.1. The highest BCUT2D eigenvalue weighted by atomic mass is 16.5. The molecule has 3 heterocycles. The van der Waals surface area contributed by atoms with Crippen LogP contribution in [0.2, 0.25) is 0 Å². The van der Waals surface area contributed by atoms with Crippen molar-refractivity contribution in [3.63, 3.8) is 0 Å². The topological polar surface area (TPSA) is 126 Å². The second-order valence-electron chi connectivity index (χ2n) is 13.6. The summed E-state index contributed by atoms with van der Waals surface area (Å²) >= 11 is 0. The number of aromatic nitrogens is 2. The predicted octanol–water partition coefficient (Wildman–Crippen LogP) is 4.98. The van der Waals surface area contributed by atoms with Gasteiger partial charge >= 0.3 is 5.91 Å². The van der Waals surface area contributed by atoms with E-state index in [1.165, 1.54) is 31.5 Å². The van der Waals surface area contributed by atoms with Gasteiger partial charge in [-0.2, -0.15) is 4.58 Å². The highest BCUT2D eigenvalue weighted by molar-refractivity contribution is 6.07. The Bertz CT molecular complexity index is 1930. The van der Waals surface area contributed by atoms with Crippen LogP contribution in [0.3, 0.4) is 0 Å². The van der Waals surface area contributed by atoms with E-state index in [1.54, 1.807) is 36.9 Å². The minimum absolute atomic E-state index is 0.119. The number of amides is 3. The van der Waals surface area contributed by atoms with E-state index in [0.29, 0.717) is 60.4 Å². The number of ether oxygens (including phenoxy) is 2. The Morgan fingerprint density at radius 2 is 1.84 bits per heavy atom. The SMILES string of the molecule is C=CC(=O)[N+]1=C(C)CN(C[C@@H](Oc2cc(C)c(C(=O)Nc3ncc(C#CC(C)(C)OC)cc3C)cc2C(=O)NC)c2ccc(C3CC3)cn2)CC1. The summed E-state index contributed by atoms with van der Waals surface area (Å²) in [5, 5.41) is 5.58. The van der Waals surface area contributed by atoms with Crippen LogP contribution in [0.4, 0.5) is 5.82 Å². The number of anilines is 1. The summed E-state index contributed by atoms with van der Waals surface area (Å²) in [6.45, 7) is 15.1. The van der Waals surface area contributed by atoms with Crippen LogP contribution in [0.15, 0.2) is 55.4 Å². The predicted molar refractivity (Wildman–Crippen MR) is 196 cm³/mol. The Balaban J connectivity index is 1.42. The van der Waals surface area contributed by atoms with Crippen molar-refractivity contribution in [3.8, 4) is 17.6 Å². The smallest absolute Gasteiger partial charge is 0.411 e. The van der Waals surface area contributed by atoms with Crippen molar-refractivity contribution in [1.29, 1.82) is 0 Å². The molecular formula is C40H47N6O5+. The number of rotatable bonds is 11. The first-order chi connectivity index (χ1) is 24.3. The first-order valence-corrected chi connectivity index (χ1v) is 17.2. The normalized spacial score (nSPS) is 15.4.